The molecule has 0 amide bonds. The Labute approximate surface area is 117 Å². The average molecular weight is 272 g/mol. The molecule has 0 atom stereocenters. The number of fused-ring (bicyclic) bond motifs is 1. The quantitative estimate of drug-likeness (QED) is 0.911. The van der Waals surface area contributed by atoms with Gasteiger partial charge in [0.25, 0.3) is 0 Å². The first-order valence-electron chi connectivity index (χ1n) is 6.28. The summed E-state index contributed by atoms with van der Waals surface area (Å²) >= 11 is 1.89. The molecule has 1 aliphatic heterocycles. The topological polar surface area (TPSA) is 50.7 Å². The zero-order chi connectivity index (χ0) is 13.4. The SMILES string of the molecule is CNc1nc(-c2cc(C)nc(C)c2)nc2c1CSC2. The van der Waals surface area contributed by atoms with Crippen LogP contribution < -0.4 is 5.32 Å². The largest absolute Gasteiger partial charge is 0.373 e. The second kappa shape index (κ2) is 4.81. The number of aromatic nitrogens is 3. The molecule has 0 saturated carbocycles. The Hall–Kier alpha value is -1.62. The van der Waals surface area contributed by atoms with Crippen molar-refractivity contribution in [3.63, 3.8) is 0 Å². The van der Waals surface area contributed by atoms with E-state index >= 15 is 0 Å². The number of aryl methyl sites for hydroxylation is 2. The Morgan fingerprint density at radius 1 is 1.05 bits per heavy atom. The maximum absolute atomic E-state index is 4.71. The number of pyridine rings is 1. The summed E-state index contributed by atoms with van der Waals surface area (Å²) in [6.45, 7) is 4.00. The van der Waals surface area contributed by atoms with Crippen molar-refractivity contribution in [2.24, 2.45) is 0 Å². The lowest BCUT2D eigenvalue weighted by atomic mass is 10.1. The fourth-order valence-corrected chi connectivity index (χ4v) is 3.39. The Morgan fingerprint density at radius 3 is 2.47 bits per heavy atom. The van der Waals surface area contributed by atoms with Crippen molar-refractivity contribution in [2.45, 2.75) is 25.4 Å². The van der Waals surface area contributed by atoms with Gasteiger partial charge in [0, 0.05) is 41.1 Å². The van der Waals surface area contributed by atoms with E-state index in [2.05, 4.69) is 15.3 Å². The van der Waals surface area contributed by atoms with E-state index in [1.807, 2.05) is 44.8 Å². The zero-order valence-electron chi connectivity index (χ0n) is 11.3. The van der Waals surface area contributed by atoms with Gasteiger partial charge in [-0.15, -0.1) is 0 Å². The first kappa shape index (κ1) is 12.4. The molecule has 0 aromatic carbocycles. The van der Waals surface area contributed by atoms with E-state index in [0.717, 1.165) is 45.8 Å². The van der Waals surface area contributed by atoms with E-state index in [0.29, 0.717) is 0 Å². The first-order valence-corrected chi connectivity index (χ1v) is 7.44. The average Bonchev–Trinajstić information content (AvgIpc) is 2.84. The lowest BCUT2D eigenvalue weighted by molar-refractivity contribution is 1.06. The number of nitrogens with one attached hydrogen (secondary N) is 1. The smallest absolute Gasteiger partial charge is 0.161 e. The third-order valence-electron chi connectivity index (χ3n) is 3.15. The molecule has 3 heterocycles. The van der Waals surface area contributed by atoms with Gasteiger partial charge in [0.05, 0.1) is 5.69 Å². The molecule has 4 nitrogen and oxygen atoms in total. The first-order chi connectivity index (χ1) is 9.17. The van der Waals surface area contributed by atoms with E-state index in [-0.39, 0.29) is 0 Å². The Bertz CT molecular complexity index is 619. The molecule has 0 bridgehead atoms. The second-order valence-electron chi connectivity index (χ2n) is 4.70. The predicted octanol–water partition coefficient (Wildman–Crippen LogP) is 2.94. The molecule has 5 heteroatoms. The molecule has 0 unspecified atom stereocenters. The van der Waals surface area contributed by atoms with Crippen LogP contribution in [-0.4, -0.2) is 22.0 Å². The summed E-state index contributed by atoms with van der Waals surface area (Å²) in [5, 5.41) is 3.19. The van der Waals surface area contributed by atoms with Crippen molar-refractivity contribution in [1.82, 2.24) is 15.0 Å². The summed E-state index contributed by atoms with van der Waals surface area (Å²) in [4.78, 5) is 13.8. The van der Waals surface area contributed by atoms with Crippen molar-refractivity contribution in [3.05, 3.63) is 34.8 Å². The molecule has 0 fully saturated rings. The van der Waals surface area contributed by atoms with Crippen LogP contribution in [0.4, 0.5) is 5.82 Å². The van der Waals surface area contributed by atoms with Crippen LogP contribution in [0.5, 0.6) is 0 Å². The molecule has 0 spiro atoms. The van der Waals surface area contributed by atoms with Crippen LogP contribution >= 0.6 is 11.8 Å². The van der Waals surface area contributed by atoms with E-state index < -0.39 is 0 Å². The highest BCUT2D eigenvalue weighted by Crippen LogP contribution is 2.34. The van der Waals surface area contributed by atoms with E-state index in [1.165, 1.54) is 5.56 Å². The van der Waals surface area contributed by atoms with Crippen LogP contribution in [0.25, 0.3) is 11.4 Å². The maximum atomic E-state index is 4.71. The van der Waals surface area contributed by atoms with Crippen LogP contribution in [0.2, 0.25) is 0 Å². The zero-order valence-corrected chi connectivity index (χ0v) is 12.1. The van der Waals surface area contributed by atoms with Crippen molar-refractivity contribution in [2.75, 3.05) is 12.4 Å². The van der Waals surface area contributed by atoms with Crippen molar-refractivity contribution < 1.29 is 0 Å². The predicted molar refractivity (Wildman–Crippen MR) is 79.3 cm³/mol. The number of nitrogens with zero attached hydrogens (tertiary/aromatic N) is 3. The van der Waals surface area contributed by atoms with Gasteiger partial charge < -0.3 is 5.32 Å². The summed E-state index contributed by atoms with van der Waals surface area (Å²) in [7, 11) is 1.92. The van der Waals surface area contributed by atoms with Gasteiger partial charge in [-0.25, -0.2) is 9.97 Å². The van der Waals surface area contributed by atoms with Crippen molar-refractivity contribution in [3.8, 4) is 11.4 Å². The summed E-state index contributed by atoms with van der Waals surface area (Å²) < 4.78 is 0. The number of hydrogen-bond donors (Lipinski definition) is 1. The highest BCUT2D eigenvalue weighted by atomic mass is 32.2. The van der Waals surface area contributed by atoms with Crippen LogP contribution in [0.15, 0.2) is 12.1 Å². The summed E-state index contributed by atoms with van der Waals surface area (Å²) in [5.41, 5.74) is 5.45. The maximum Gasteiger partial charge on any atom is 0.161 e. The number of thioether (sulfide) groups is 1. The van der Waals surface area contributed by atoms with Crippen LogP contribution in [0, 0.1) is 13.8 Å². The molecule has 1 aliphatic rings. The number of anilines is 1. The van der Waals surface area contributed by atoms with Crippen LogP contribution in [0.1, 0.15) is 22.6 Å². The summed E-state index contributed by atoms with van der Waals surface area (Å²) in [5.74, 6) is 3.72. The summed E-state index contributed by atoms with van der Waals surface area (Å²) in [6.07, 6.45) is 0. The van der Waals surface area contributed by atoms with E-state index in [4.69, 9.17) is 4.98 Å². The highest BCUT2D eigenvalue weighted by Gasteiger charge is 2.19. The summed E-state index contributed by atoms with van der Waals surface area (Å²) in [6, 6.07) is 4.08. The van der Waals surface area contributed by atoms with Gasteiger partial charge in [0.15, 0.2) is 5.82 Å². The minimum atomic E-state index is 0.791. The van der Waals surface area contributed by atoms with Gasteiger partial charge in [-0.3, -0.25) is 4.98 Å². The van der Waals surface area contributed by atoms with Crippen molar-refractivity contribution in [1.29, 1.82) is 0 Å². The Kier molecular flexibility index (Phi) is 3.14. The Morgan fingerprint density at radius 2 is 1.79 bits per heavy atom. The minimum absolute atomic E-state index is 0.791. The van der Waals surface area contributed by atoms with Gasteiger partial charge in [-0.1, -0.05) is 0 Å². The molecule has 0 saturated heterocycles. The molecule has 19 heavy (non-hydrogen) atoms. The fraction of sp³-hybridized carbons (Fsp3) is 0.357. The molecule has 0 aliphatic carbocycles. The molecule has 2 aromatic rings. The highest BCUT2D eigenvalue weighted by molar-refractivity contribution is 7.98. The third-order valence-corrected chi connectivity index (χ3v) is 4.12. The van der Waals surface area contributed by atoms with Crippen molar-refractivity contribution >= 4 is 17.6 Å². The van der Waals surface area contributed by atoms with Gasteiger partial charge in [0.2, 0.25) is 0 Å². The third kappa shape index (κ3) is 2.30. The molecule has 98 valence electrons. The molecule has 2 aromatic heterocycles. The van der Waals surface area contributed by atoms with Gasteiger partial charge in [-0.05, 0) is 26.0 Å². The van der Waals surface area contributed by atoms with Gasteiger partial charge in [0.1, 0.15) is 5.82 Å². The number of rotatable bonds is 2. The molecule has 0 radical (unpaired) electrons. The standard InChI is InChI=1S/C14H16N4S/c1-8-4-10(5-9(2)16-8)13-17-12-7-19-6-11(12)14(15-3)18-13/h4-5H,6-7H2,1-3H3,(H,15,17,18). The van der Waals surface area contributed by atoms with Gasteiger partial charge >= 0.3 is 0 Å². The lowest BCUT2D eigenvalue weighted by Crippen LogP contribution is -2.04. The molecule has 1 N–H and O–H groups in total. The fourth-order valence-electron chi connectivity index (χ4n) is 2.35. The molecule has 3 rings (SSSR count). The second-order valence-corrected chi connectivity index (χ2v) is 5.69. The number of hydrogen-bond acceptors (Lipinski definition) is 5. The lowest BCUT2D eigenvalue weighted by Gasteiger charge is -2.10. The van der Waals surface area contributed by atoms with E-state index in [1.54, 1.807) is 0 Å². The Balaban J connectivity index is 2.15. The van der Waals surface area contributed by atoms with E-state index in [9.17, 15) is 0 Å². The molecular formula is C14H16N4S. The van der Waals surface area contributed by atoms with Gasteiger partial charge in [-0.2, -0.15) is 11.8 Å². The minimum Gasteiger partial charge on any atom is -0.373 e. The van der Waals surface area contributed by atoms with Crippen LogP contribution in [0.3, 0.4) is 0 Å². The normalized spacial score (nSPS) is 13.4. The molecular weight excluding hydrogens is 256 g/mol. The van der Waals surface area contributed by atoms with Crippen LogP contribution in [-0.2, 0) is 11.5 Å². The monoisotopic (exact) mass is 272 g/mol.